The van der Waals surface area contributed by atoms with Gasteiger partial charge >= 0.3 is 0 Å². The summed E-state index contributed by atoms with van der Waals surface area (Å²) in [7, 11) is 4.16. The lowest BCUT2D eigenvalue weighted by Gasteiger charge is -2.29. The maximum absolute atomic E-state index is 2.33. The average molecular weight is 823 g/mol. The molecule has 0 aliphatic rings. The molecular weight excluding hydrogens is 773 g/mol. The van der Waals surface area contributed by atoms with Crippen LogP contribution in [-0.4, -0.2) is 0 Å². The summed E-state index contributed by atoms with van der Waals surface area (Å²) in [6.45, 7) is 4.34. The molecule has 0 unspecified atom stereocenters. The first-order valence-electron chi connectivity index (χ1n) is 22.1. The first kappa shape index (κ1) is 40.2. The molecule has 0 saturated carbocycles. The molecule has 0 fully saturated rings. The van der Waals surface area contributed by atoms with Crippen molar-refractivity contribution in [3.63, 3.8) is 0 Å². The highest BCUT2D eigenvalue weighted by Crippen LogP contribution is 2.56. The van der Waals surface area contributed by atoms with Gasteiger partial charge in [-0.1, -0.05) is 193 Å². The monoisotopic (exact) mass is 822 g/mol. The summed E-state index contributed by atoms with van der Waals surface area (Å²) in [6, 6.07) is 76.3. The van der Waals surface area contributed by atoms with Gasteiger partial charge in [0.25, 0.3) is 0 Å². The molecule has 0 aliphatic heterocycles. The van der Waals surface area contributed by atoms with Crippen molar-refractivity contribution in [1.82, 2.24) is 0 Å². The molecule has 0 saturated heterocycles. The normalized spacial score (nSPS) is 11.1. The number of aryl methyl sites for hydroxylation is 4. The minimum Gasteiger partial charge on any atom is -0.207 e. The predicted molar refractivity (Wildman–Crippen MR) is 267 cm³/mol. The zero-order valence-corrected chi connectivity index (χ0v) is 36.8. The van der Waals surface area contributed by atoms with Crippen LogP contribution in [0.1, 0.15) is 11.1 Å². The summed E-state index contributed by atoms with van der Waals surface area (Å²) in [4.78, 5) is 0. The van der Waals surface area contributed by atoms with Crippen LogP contribution in [0.3, 0.4) is 0 Å². The SMILES string of the molecule is Cc1ccc(-c2c(-c3ccc(-c4ccccc4)cc3)c(-c3ccccc3)c(-c3ccc(-c4ccc[n+](C)c4)cc3)c(-c3ccc(C)cc3)c2-c2ccc(-c3ccc[n+](C)c3)cc2)cc1. The summed E-state index contributed by atoms with van der Waals surface area (Å²) in [6.07, 6.45) is 8.53. The zero-order valence-electron chi connectivity index (χ0n) is 36.8. The third-order valence-corrected chi connectivity index (χ3v) is 12.4. The van der Waals surface area contributed by atoms with Gasteiger partial charge in [-0.2, -0.15) is 0 Å². The van der Waals surface area contributed by atoms with Crippen molar-refractivity contribution in [3.8, 4) is 100 Å². The quantitative estimate of drug-likeness (QED) is 0.128. The zero-order chi connectivity index (χ0) is 43.6. The van der Waals surface area contributed by atoms with Gasteiger partial charge in [-0.05, 0) is 115 Å². The summed E-state index contributed by atoms with van der Waals surface area (Å²) >= 11 is 0. The van der Waals surface area contributed by atoms with Crippen LogP contribution in [0.2, 0.25) is 0 Å². The van der Waals surface area contributed by atoms with Crippen molar-refractivity contribution in [2.24, 2.45) is 14.1 Å². The minimum absolute atomic E-state index is 1.16. The Kier molecular flexibility index (Phi) is 10.9. The molecule has 2 heteroatoms. The van der Waals surface area contributed by atoms with Gasteiger partial charge in [-0.15, -0.1) is 0 Å². The summed E-state index contributed by atoms with van der Waals surface area (Å²) in [5.74, 6) is 0. The fourth-order valence-corrected chi connectivity index (χ4v) is 9.16. The molecule has 10 aromatic rings. The minimum atomic E-state index is 1.16. The van der Waals surface area contributed by atoms with Crippen LogP contribution in [0.4, 0.5) is 0 Å². The fraction of sp³-hybridized carbons (Fsp3) is 0.0645. The molecular formula is C62H50N2+2. The Morgan fingerprint density at radius 2 is 0.438 bits per heavy atom. The molecule has 0 amide bonds. The highest BCUT2D eigenvalue weighted by molar-refractivity contribution is 6.15. The van der Waals surface area contributed by atoms with Gasteiger partial charge in [0.05, 0.1) is 0 Å². The molecule has 0 N–H and O–H groups in total. The van der Waals surface area contributed by atoms with Gasteiger partial charge in [-0.3, -0.25) is 0 Å². The predicted octanol–water partition coefficient (Wildman–Crippen LogP) is 15.0. The molecule has 0 bridgehead atoms. The second-order valence-corrected chi connectivity index (χ2v) is 17.0. The van der Waals surface area contributed by atoms with E-state index in [1.54, 1.807) is 0 Å². The largest absolute Gasteiger partial charge is 0.207 e. The van der Waals surface area contributed by atoms with E-state index in [4.69, 9.17) is 0 Å². The molecule has 64 heavy (non-hydrogen) atoms. The maximum atomic E-state index is 2.33. The number of hydrogen-bond acceptors (Lipinski definition) is 0. The lowest BCUT2D eigenvalue weighted by molar-refractivity contribution is -0.671. The Morgan fingerprint density at radius 3 is 0.750 bits per heavy atom. The molecule has 0 radical (unpaired) electrons. The Morgan fingerprint density at radius 1 is 0.219 bits per heavy atom. The van der Waals surface area contributed by atoms with Gasteiger partial charge < -0.3 is 0 Å². The van der Waals surface area contributed by atoms with Crippen LogP contribution in [0, 0.1) is 13.8 Å². The lowest BCUT2D eigenvalue weighted by atomic mass is 9.74. The molecule has 2 heterocycles. The standard InChI is InChI=1S/C62H50N2/c1-43-19-23-50(24-20-43)58-60(52-33-27-46(28-34-52)45-13-7-5-8-14-45)57(49-15-9-6-10-16-49)61(53-35-29-47(30-36-53)55-17-11-39-63(3)41-55)59(51-25-21-44(2)22-26-51)62(58)54-37-31-48(32-38-54)56-18-12-40-64(4)42-56/h5-42H,1-4H3/q+2. The molecule has 0 aliphatic carbocycles. The van der Waals surface area contributed by atoms with Gasteiger partial charge in [0, 0.05) is 23.3 Å². The van der Waals surface area contributed by atoms with E-state index in [0.29, 0.717) is 0 Å². The second-order valence-electron chi connectivity index (χ2n) is 17.0. The van der Waals surface area contributed by atoms with Crippen molar-refractivity contribution in [2.45, 2.75) is 13.8 Å². The molecule has 0 spiro atoms. The van der Waals surface area contributed by atoms with E-state index in [2.05, 4.69) is 268 Å². The number of benzene rings is 8. The van der Waals surface area contributed by atoms with Crippen LogP contribution < -0.4 is 9.13 Å². The van der Waals surface area contributed by atoms with Gasteiger partial charge in [0.1, 0.15) is 14.1 Å². The molecule has 10 rings (SSSR count). The van der Waals surface area contributed by atoms with Crippen LogP contribution >= 0.6 is 0 Å². The van der Waals surface area contributed by atoms with E-state index in [1.165, 1.54) is 94.6 Å². The second kappa shape index (κ2) is 17.4. The Hall–Kier alpha value is -7.94. The molecule has 0 atom stereocenters. The Labute approximate surface area is 377 Å². The Balaban J connectivity index is 1.37. The first-order valence-corrected chi connectivity index (χ1v) is 22.1. The number of nitrogens with zero attached hydrogens (tertiary/aromatic N) is 2. The van der Waals surface area contributed by atoms with Gasteiger partial charge in [0.15, 0.2) is 24.8 Å². The van der Waals surface area contributed by atoms with Crippen LogP contribution in [0.25, 0.3) is 100 Å². The Bertz CT molecular complexity index is 3220. The topological polar surface area (TPSA) is 7.76 Å². The van der Waals surface area contributed by atoms with E-state index < -0.39 is 0 Å². The van der Waals surface area contributed by atoms with Crippen molar-refractivity contribution in [1.29, 1.82) is 0 Å². The van der Waals surface area contributed by atoms with E-state index in [1.807, 2.05) is 0 Å². The van der Waals surface area contributed by atoms with Crippen molar-refractivity contribution >= 4 is 0 Å². The summed E-state index contributed by atoms with van der Waals surface area (Å²) in [5, 5.41) is 0. The third-order valence-electron chi connectivity index (χ3n) is 12.4. The van der Waals surface area contributed by atoms with E-state index in [0.717, 1.165) is 16.7 Å². The fourth-order valence-electron chi connectivity index (χ4n) is 9.16. The van der Waals surface area contributed by atoms with Crippen molar-refractivity contribution < 1.29 is 9.13 Å². The van der Waals surface area contributed by atoms with Crippen molar-refractivity contribution in [3.05, 3.63) is 242 Å². The summed E-state index contributed by atoms with van der Waals surface area (Å²) < 4.78 is 4.22. The molecule has 2 aromatic heterocycles. The van der Waals surface area contributed by atoms with Crippen molar-refractivity contribution in [2.75, 3.05) is 0 Å². The summed E-state index contributed by atoms with van der Waals surface area (Å²) in [5.41, 5.74) is 23.8. The lowest BCUT2D eigenvalue weighted by Crippen LogP contribution is -2.26. The highest BCUT2D eigenvalue weighted by atomic mass is 14.9. The number of aromatic nitrogens is 2. The number of hydrogen-bond donors (Lipinski definition) is 0. The smallest absolute Gasteiger partial charge is 0.176 e. The van der Waals surface area contributed by atoms with Crippen LogP contribution in [0.5, 0.6) is 0 Å². The van der Waals surface area contributed by atoms with Crippen LogP contribution in [-0.2, 0) is 14.1 Å². The molecule has 8 aromatic carbocycles. The van der Waals surface area contributed by atoms with E-state index in [-0.39, 0.29) is 0 Å². The molecule has 306 valence electrons. The number of pyridine rings is 2. The van der Waals surface area contributed by atoms with E-state index in [9.17, 15) is 0 Å². The molecule has 2 nitrogen and oxygen atoms in total. The van der Waals surface area contributed by atoms with Gasteiger partial charge in [-0.25, -0.2) is 9.13 Å². The van der Waals surface area contributed by atoms with Crippen LogP contribution in [0.15, 0.2) is 231 Å². The maximum Gasteiger partial charge on any atom is 0.176 e. The van der Waals surface area contributed by atoms with Gasteiger partial charge in [0.2, 0.25) is 0 Å². The highest BCUT2D eigenvalue weighted by Gasteiger charge is 2.29. The third kappa shape index (κ3) is 7.98. The van der Waals surface area contributed by atoms with E-state index >= 15 is 0 Å². The first-order chi connectivity index (χ1) is 31.4. The number of rotatable bonds is 9. The average Bonchev–Trinajstić information content (AvgIpc) is 3.34.